The summed E-state index contributed by atoms with van der Waals surface area (Å²) in [7, 11) is 0. The number of carbonyl (C=O) groups is 2. The Morgan fingerprint density at radius 1 is 0.783 bits per heavy atom. The highest BCUT2D eigenvalue weighted by Crippen LogP contribution is 2.33. The first kappa shape index (κ1) is 31.3. The molecule has 6 rings (SSSR count). The Hall–Kier alpha value is -4.74. The second-order valence-corrected chi connectivity index (χ2v) is 12.2. The van der Waals surface area contributed by atoms with Gasteiger partial charge in [0.15, 0.2) is 0 Å². The molecule has 1 aliphatic heterocycles. The third-order valence-electron chi connectivity index (χ3n) is 9.18. The van der Waals surface area contributed by atoms with Crippen molar-refractivity contribution in [3.63, 3.8) is 0 Å². The smallest absolute Gasteiger partial charge is 0.338 e. The molecule has 0 bridgehead atoms. The van der Waals surface area contributed by atoms with Crippen molar-refractivity contribution < 1.29 is 14.3 Å². The molecule has 1 fully saturated rings. The van der Waals surface area contributed by atoms with E-state index in [9.17, 15) is 9.59 Å². The highest BCUT2D eigenvalue weighted by molar-refractivity contribution is 5.97. The van der Waals surface area contributed by atoms with E-state index in [0.29, 0.717) is 18.6 Å². The maximum Gasteiger partial charge on any atom is 0.338 e. The number of carbonyl (C=O) groups excluding carboxylic acids is 2. The van der Waals surface area contributed by atoms with Crippen molar-refractivity contribution in [3.05, 3.63) is 144 Å². The molecule has 1 unspecified atom stereocenters. The fourth-order valence-electron chi connectivity index (χ4n) is 6.80. The van der Waals surface area contributed by atoms with Crippen molar-refractivity contribution in [1.82, 2.24) is 9.80 Å². The average Bonchev–Trinajstić information content (AvgIpc) is 3.09. The van der Waals surface area contributed by atoms with Gasteiger partial charge in [0.2, 0.25) is 5.91 Å². The maximum absolute atomic E-state index is 14.4. The van der Waals surface area contributed by atoms with Crippen molar-refractivity contribution >= 4 is 22.6 Å². The van der Waals surface area contributed by atoms with Crippen molar-refractivity contribution in [2.24, 2.45) is 0 Å². The standard InChI is InChI=1S/C41H42N2O3/c1-3-46-41(45)39-19-10-9-18-38(39)36-17-11-16-34(28-36)30(2)43(37-22-24-42(25-23-37)29-31-12-5-4-6-13-31)40(44)27-32-20-21-33-14-7-8-15-35(33)26-32/h4-21,26,28,30,37H,3,22-25,27,29H2,1-2H3. The number of piperidine rings is 1. The molecule has 5 aromatic carbocycles. The number of rotatable bonds is 10. The van der Waals surface area contributed by atoms with Gasteiger partial charge in [-0.15, -0.1) is 0 Å². The number of likely N-dealkylation sites (tertiary alicyclic amines) is 1. The molecular formula is C41H42N2O3. The molecule has 0 N–H and O–H groups in total. The van der Waals surface area contributed by atoms with Gasteiger partial charge in [0.05, 0.1) is 24.6 Å². The Morgan fingerprint density at radius 3 is 2.28 bits per heavy atom. The van der Waals surface area contributed by atoms with E-state index in [2.05, 4.69) is 89.5 Å². The van der Waals surface area contributed by atoms with Crippen LogP contribution in [-0.4, -0.2) is 47.4 Å². The minimum Gasteiger partial charge on any atom is -0.462 e. The van der Waals surface area contributed by atoms with Crippen LogP contribution in [0, 0.1) is 0 Å². The molecule has 0 saturated carbocycles. The summed E-state index contributed by atoms with van der Waals surface area (Å²) < 4.78 is 5.35. The van der Waals surface area contributed by atoms with Crippen LogP contribution >= 0.6 is 0 Å². The summed E-state index contributed by atoms with van der Waals surface area (Å²) in [5.74, 6) is -0.187. The molecule has 234 valence electrons. The van der Waals surface area contributed by atoms with Crippen LogP contribution in [0.15, 0.2) is 121 Å². The number of hydrogen-bond acceptors (Lipinski definition) is 4. The summed E-state index contributed by atoms with van der Waals surface area (Å²) in [4.78, 5) is 31.8. The highest BCUT2D eigenvalue weighted by Gasteiger charge is 2.32. The normalized spacial score (nSPS) is 14.6. The van der Waals surface area contributed by atoms with E-state index in [0.717, 1.165) is 60.1 Å². The van der Waals surface area contributed by atoms with Crippen molar-refractivity contribution in [2.75, 3.05) is 19.7 Å². The fourth-order valence-corrected chi connectivity index (χ4v) is 6.80. The fraction of sp³-hybridized carbons (Fsp3) is 0.268. The van der Waals surface area contributed by atoms with E-state index >= 15 is 0 Å². The molecule has 1 heterocycles. The topological polar surface area (TPSA) is 49.9 Å². The summed E-state index contributed by atoms with van der Waals surface area (Å²) in [5, 5.41) is 2.32. The number of fused-ring (bicyclic) bond motifs is 1. The van der Waals surface area contributed by atoms with Gasteiger partial charge in [0.1, 0.15) is 0 Å². The minimum atomic E-state index is -0.328. The van der Waals surface area contributed by atoms with E-state index in [1.807, 2.05) is 55.5 Å². The predicted octanol–water partition coefficient (Wildman–Crippen LogP) is 8.48. The molecule has 5 heteroatoms. The molecule has 5 nitrogen and oxygen atoms in total. The molecule has 0 radical (unpaired) electrons. The Morgan fingerprint density at radius 2 is 1.50 bits per heavy atom. The van der Waals surface area contributed by atoms with Crippen LogP contribution in [0.4, 0.5) is 0 Å². The number of benzene rings is 5. The molecule has 0 aromatic heterocycles. The maximum atomic E-state index is 14.4. The van der Waals surface area contributed by atoms with Crippen LogP contribution in [0.2, 0.25) is 0 Å². The van der Waals surface area contributed by atoms with Crippen LogP contribution in [0.3, 0.4) is 0 Å². The first-order chi connectivity index (χ1) is 22.5. The van der Waals surface area contributed by atoms with Crippen LogP contribution in [0.5, 0.6) is 0 Å². The number of amides is 1. The number of ether oxygens (including phenoxy) is 1. The molecule has 1 amide bonds. The van der Waals surface area contributed by atoms with Gasteiger partial charge < -0.3 is 9.64 Å². The summed E-state index contributed by atoms with van der Waals surface area (Å²) in [6.45, 7) is 7.10. The quantitative estimate of drug-likeness (QED) is 0.149. The van der Waals surface area contributed by atoms with Gasteiger partial charge >= 0.3 is 5.97 Å². The molecule has 46 heavy (non-hydrogen) atoms. The first-order valence-electron chi connectivity index (χ1n) is 16.4. The second-order valence-electron chi connectivity index (χ2n) is 12.2. The van der Waals surface area contributed by atoms with Gasteiger partial charge in [0.25, 0.3) is 0 Å². The first-order valence-corrected chi connectivity index (χ1v) is 16.4. The summed E-state index contributed by atoms with van der Waals surface area (Å²) in [6.07, 6.45) is 2.20. The van der Waals surface area contributed by atoms with Crippen molar-refractivity contribution in [2.45, 2.75) is 51.7 Å². The van der Waals surface area contributed by atoms with Gasteiger partial charge in [-0.25, -0.2) is 4.79 Å². The number of nitrogens with zero attached hydrogens (tertiary/aromatic N) is 2. The SMILES string of the molecule is CCOC(=O)c1ccccc1-c1cccc(C(C)N(C(=O)Cc2ccc3ccccc3c2)C2CCN(Cc3ccccc3)CC2)c1. The zero-order chi connectivity index (χ0) is 31.9. The van der Waals surface area contributed by atoms with E-state index in [-0.39, 0.29) is 24.0 Å². The third-order valence-corrected chi connectivity index (χ3v) is 9.18. The van der Waals surface area contributed by atoms with Gasteiger partial charge in [-0.3, -0.25) is 9.69 Å². The molecule has 5 aromatic rings. The molecule has 1 saturated heterocycles. The van der Waals surface area contributed by atoms with Gasteiger partial charge in [-0.05, 0) is 77.4 Å². The van der Waals surface area contributed by atoms with Gasteiger partial charge in [-0.2, -0.15) is 0 Å². The lowest BCUT2D eigenvalue weighted by atomic mass is 9.93. The van der Waals surface area contributed by atoms with Crippen LogP contribution in [-0.2, 0) is 22.5 Å². The summed E-state index contributed by atoms with van der Waals surface area (Å²) in [6, 6.07) is 41.1. The summed E-state index contributed by atoms with van der Waals surface area (Å²) >= 11 is 0. The molecule has 1 aliphatic rings. The van der Waals surface area contributed by atoms with Crippen LogP contribution in [0.1, 0.15) is 59.8 Å². The lowest BCUT2D eigenvalue weighted by Gasteiger charge is -2.42. The van der Waals surface area contributed by atoms with E-state index < -0.39 is 0 Å². The van der Waals surface area contributed by atoms with Gasteiger partial charge in [-0.1, -0.05) is 109 Å². The van der Waals surface area contributed by atoms with E-state index in [1.54, 1.807) is 0 Å². The van der Waals surface area contributed by atoms with Crippen molar-refractivity contribution in [1.29, 1.82) is 0 Å². The molecule has 0 aliphatic carbocycles. The van der Waals surface area contributed by atoms with Crippen molar-refractivity contribution in [3.8, 4) is 11.1 Å². The van der Waals surface area contributed by atoms with E-state index in [1.165, 1.54) is 10.9 Å². The molecule has 1 atom stereocenters. The van der Waals surface area contributed by atoms with Crippen LogP contribution in [0.25, 0.3) is 21.9 Å². The Kier molecular flexibility index (Phi) is 9.90. The van der Waals surface area contributed by atoms with E-state index in [4.69, 9.17) is 4.74 Å². The predicted molar refractivity (Wildman–Crippen MR) is 185 cm³/mol. The Balaban J connectivity index is 1.27. The number of esters is 1. The molecular weight excluding hydrogens is 568 g/mol. The average molecular weight is 611 g/mol. The van der Waals surface area contributed by atoms with Gasteiger partial charge in [0, 0.05) is 25.7 Å². The Bertz CT molecular complexity index is 1790. The minimum absolute atomic E-state index is 0.130. The monoisotopic (exact) mass is 610 g/mol. The third kappa shape index (κ3) is 7.21. The lowest BCUT2D eigenvalue weighted by Crippen LogP contribution is -2.48. The largest absolute Gasteiger partial charge is 0.462 e. The lowest BCUT2D eigenvalue weighted by molar-refractivity contribution is -0.136. The zero-order valence-electron chi connectivity index (χ0n) is 26.8. The zero-order valence-corrected chi connectivity index (χ0v) is 26.8. The number of hydrogen-bond donors (Lipinski definition) is 0. The summed E-state index contributed by atoms with van der Waals surface area (Å²) in [5.41, 5.74) is 5.71. The van der Waals surface area contributed by atoms with Crippen LogP contribution < -0.4 is 0 Å². The highest BCUT2D eigenvalue weighted by atomic mass is 16.5. The second kappa shape index (κ2) is 14.6. The molecule has 0 spiro atoms. The Labute approximate surface area is 272 Å².